The highest BCUT2D eigenvalue weighted by molar-refractivity contribution is 6.02. The number of fused-ring (bicyclic) bond motifs is 2. The number of ketones is 1. The first-order valence-corrected chi connectivity index (χ1v) is 10.5. The van der Waals surface area contributed by atoms with Gasteiger partial charge in [0.25, 0.3) is 0 Å². The molecule has 156 valence electrons. The Kier molecular flexibility index (Phi) is 4.50. The van der Waals surface area contributed by atoms with Crippen LogP contribution in [0.3, 0.4) is 0 Å². The molecule has 1 fully saturated rings. The number of piperidine rings is 1. The number of Topliss-reactive ketones (excluding diaryl/α,β-unsaturated/α-hetero) is 1. The lowest BCUT2D eigenvalue weighted by atomic mass is 9.91. The van der Waals surface area contributed by atoms with Crippen LogP contribution in [-0.2, 0) is 0 Å². The van der Waals surface area contributed by atoms with Crippen LogP contribution in [0.5, 0.6) is 5.75 Å². The fourth-order valence-corrected chi connectivity index (χ4v) is 4.37. The van der Waals surface area contributed by atoms with Crippen molar-refractivity contribution < 1.29 is 9.53 Å². The van der Waals surface area contributed by atoms with Crippen LogP contribution in [0, 0.1) is 0 Å². The summed E-state index contributed by atoms with van der Waals surface area (Å²) in [6.45, 7) is 6.07. The first-order chi connectivity index (χ1) is 14.4. The number of hydrogen-bond donors (Lipinski definition) is 2. The van der Waals surface area contributed by atoms with Gasteiger partial charge in [0.2, 0.25) is 5.95 Å². The Hall–Kier alpha value is -2.93. The molecule has 1 saturated heterocycles. The highest BCUT2D eigenvalue weighted by atomic mass is 16.5. The molecule has 0 unspecified atom stereocenters. The Morgan fingerprint density at radius 3 is 2.83 bits per heavy atom. The largest absolute Gasteiger partial charge is 0.487 e. The third-order valence-electron chi connectivity index (χ3n) is 6.05. The van der Waals surface area contributed by atoms with Crippen LogP contribution < -0.4 is 10.1 Å². The average Bonchev–Trinajstić information content (AvgIpc) is 3.11. The first kappa shape index (κ1) is 19.1. The Morgan fingerprint density at radius 2 is 2.03 bits per heavy atom. The SMILES string of the molecule is CN1CCC(Nc2ncc3c(-c4ccc5c(c4)OC(C)(C)CC5=O)c[nH]c3n2)CC1. The number of nitrogens with zero attached hydrogens (tertiary/aromatic N) is 3. The second-order valence-electron chi connectivity index (χ2n) is 9.05. The highest BCUT2D eigenvalue weighted by Gasteiger charge is 2.32. The molecule has 0 bridgehead atoms. The van der Waals surface area contributed by atoms with Crippen molar-refractivity contribution in [3.63, 3.8) is 0 Å². The number of H-pyrrole nitrogens is 1. The summed E-state index contributed by atoms with van der Waals surface area (Å²) in [4.78, 5) is 27.3. The van der Waals surface area contributed by atoms with Crippen LogP contribution in [0.4, 0.5) is 5.95 Å². The van der Waals surface area contributed by atoms with Gasteiger partial charge in [-0.3, -0.25) is 4.79 Å². The van der Waals surface area contributed by atoms with E-state index in [1.54, 1.807) is 0 Å². The van der Waals surface area contributed by atoms with Crippen LogP contribution in [0.15, 0.2) is 30.6 Å². The molecule has 3 aromatic rings. The van der Waals surface area contributed by atoms with Gasteiger partial charge in [0.15, 0.2) is 5.78 Å². The number of hydrogen-bond acceptors (Lipinski definition) is 6. The minimum Gasteiger partial charge on any atom is -0.487 e. The summed E-state index contributed by atoms with van der Waals surface area (Å²) in [5, 5.41) is 4.42. The third kappa shape index (κ3) is 3.54. The Morgan fingerprint density at radius 1 is 1.23 bits per heavy atom. The van der Waals surface area contributed by atoms with Crippen LogP contribution >= 0.6 is 0 Å². The van der Waals surface area contributed by atoms with Gasteiger partial charge in [0.05, 0.1) is 12.0 Å². The summed E-state index contributed by atoms with van der Waals surface area (Å²) in [7, 11) is 2.15. The Bertz CT molecular complexity index is 1110. The zero-order valence-corrected chi connectivity index (χ0v) is 17.7. The quantitative estimate of drug-likeness (QED) is 0.688. The molecule has 7 heteroatoms. The number of benzene rings is 1. The number of anilines is 1. The number of carbonyl (C=O) groups is 1. The number of likely N-dealkylation sites (tertiary alicyclic amines) is 1. The summed E-state index contributed by atoms with van der Waals surface area (Å²) in [6.07, 6.45) is 6.39. The summed E-state index contributed by atoms with van der Waals surface area (Å²) in [5.41, 5.74) is 2.94. The molecular formula is C23H27N5O2. The molecule has 2 aromatic heterocycles. The van der Waals surface area contributed by atoms with Gasteiger partial charge in [-0.05, 0) is 64.5 Å². The zero-order valence-electron chi connectivity index (χ0n) is 17.7. The molecule has 2 aliphatic heterocycles. The first-order valence-electron chi connectivity index (χ1n) is 10.5. The smallest absolute Gasteiger partial charge is 0.224 e. The molecule has 30 heavy (non-hydrogen) atoms. The number of nitrogens with one attached hydrogen (secondary N) is 2. The monoisotopic (exact) mass is 405 g/mol. The van der Waals surface area contributed by atoms with Gasteiger partial charge in [-0.25, -0.2) is 4.98 Å². The van der Waals surface area contributed by atoms with Crippen molar-refractivity contribution >= 4 is 22.8 Å². The van der Waals surface area contributed by atoms with E-state index in [4.69, 9.17) is 4.74 Å². The summed E-state index contributed by atoms with van der Waals surface area (Å²) in [5.74, 6) is 1.43. The van der Waals surface area contributed by atoms with E-state index in [9.17, 15) is 4.79 Å². The number of carbonyl (C=O) groups excluding carboxylic acids is 1. The molecule has 0 saturated carbocycles. The van der Waals surface area contributed by atoms with E-state index in [0.29, 0.717) is 29.7 Å². The third-order valence-corrected chi connectivity index (χ3v) is 6.05. The van der Waals surface area contributed by atoms with Crippen LogP contribution in [-0.4, -0.2) is 57.4 Å². The lowest BCUT2D eigenvalue weighted by molar-refractivity contribution is 0.0620. The van der Waals surface area contributed by atoms with Gasteiger partial charge >= 0.3 is 0 Å². The standard InChI is InChI=1S/C23H27N5O2/c1-23(2)11-19(29)16-5-4-14(10-20(16)30-23)17-12-24-21-18(17)13-25-22(27-21)26-15-6-8-28(3)9-7-15/h4-5,10,12-13,15H,6-9,11H2,1-3H3,(H2,24,25,26,27). The molecule has 0 amide bonds. The van der Waals surface area contributed by atoms with Crippen LogP contribution in [0.1, 0.15) is 43.5 Å². The van der Waals surface area contributed by atoms with E-state index in [-0.39, 0.29) is 5.78 Å². The van der Waals surface area contributed by atoms with Gasteiger partial charge in [-0.2, -0.15) is 4.98 Å². The predicted octanol–water partition coefficient (Wildman–Crippen LogP) is 3.87. The normalized spacial score (nSPS) is 19.5. The van der Waals surface area contributed by atoms with Crippen molar-refractivity contribution in [3.8, 4) is 16.9 Å². The van der Waals surface area contributed by atoms with Crippen LogP contribution in [0.2, 0.25) is 0 Å². The molecule has 0 aliphatic carbocycles. The second kappa shape index (κ2) is 7.09. The Balaban J connectivity index is 1.42. The topological polar surface area (TPSA) is 83.1 Å². The van der Waals surface area contributed by atoms with E-state index in [0.717, 1.165) is 48.1 Å². The van der Waals surface area contributed by atoms with Gasteiger partial charge in [-0.1, -0.05) is 6.07 Å². The Labute approximate surface area is 175 Å². The number of ether oxygens (including phenoxy) is 1. The fourth-order valence-electron chi connectivity index (χ4n) is 4.37. The van der Waals surface area contributed by atoms with Gasteiger partial charge < -0.3 is 19.9 Å². The average molecular weight is 406 g/mol. The molecule has 4 heterocycles. The molecule has 2 N–H and O–H groups in total. The van der Waals surface area contributed by atoms with Crippen molar-refractivity contribution in [1.82, 2.24) is 19.9 Å². The molecular weight excluding hydrogens is 378 g/mol. The molecule has 2 aliphatic rings. The second-order valence-corrected chi connectivity index (χ2v) is 9.05. The number of aromatic nitrogens is 3. The molecule has 7 nitrogen and oxygen atoms in total. The summed E-state index contributed by atoms with van der Waals surface area (Å²) in [6, 6.07) is 6.18. The fraction of sp³-hybridized carbons (Fsp3) is 0.435. The maximum absolute atomic E-state index is 12.4. The molecule has 5 rings (SSSR count). The van der Waals surface area contributed by atoms with E-state index in [1.165, 1.54) is 0 Å². The predicted molar refractivity (Wildman–Crippen MR) is 117 cm³/mol. The minimum absolute atomic E-state index is 0.125. The number of rotatable bonds is 3. The van der Waals surface area contributed by atoms with Crippen molar-refractivity contribution in [2.75, 3.05) is 25.5 Å². The van der Waals surface area contributed by atoms with Gasteiger partial charge in [0, 0.05) is 29.4 Å². The van der Waals surface area contributed by atoms with E-state index in [2.05, 4.69) is 32.2 Å². The molecule has 1 aromatic carbocycles. The maximum Gasteiger partial charge on any atom is 0.224 e. The molecule has 0 spiro atoms. The van der Waals surface area contributed by atoms with Crippen molar-refractivity contribution in [1.29, 1.82) is 0 Å². The molecule has 0 atom stereocenters. The lowest BCUT2D eigenvalue weighted by Crippen LogP contribution is -2.37. The zero-order chi connectivity index (χ0) is 20.9. The minimum atomic E-state index is -0.486. The van der Waals surface area contributed by atoms with E-state index >= 15 is 0 Å². The maximum atomic E-state index is 12.4. The summed E-state index contributed by atoms with van der Waals surface area (Å²) >= 11 is 0. The summed E-state index contributed by atoms with van der Waals surface area (Å²) < 4.78 is 6.08. The van der Waals surface area contributed by atoms with Crippen LogP contribution in [0.25, 0.3) is 22.2 Å². The van der Waals surface area contributed by atoms with Crippen molar-refractivity contribution in [2.45, 2.75) is 44.8 Å². The van der Waals surface area contributed by atoms with E-state index in [1.807, 2.05) is 44.4 Å². The van der Waals surface area contributed by atoms with Gasteiger partial charge in [0.1, 0.15) is 17.0 Å². The molecule has 0 radical (unpaired) electrons. The highest BCUT2D eigenvalue weighted by Crippen LogP contribution is 2.37. The number of aromatic amines is 1. The van der Waals surface area contributed by atoms with E-state index < -0.39 is 5.60 Å². The lowest BCUT2D eigenvalue weighted by Gasteiger charge is -2.31. The van der Waals surface area contributed by atoms with Crippen molar-refractivity contribution in [3.05, 3.63) is 36.2 Å². The van der Waals surface area contributed by atoms with Crippen molar-refractivity contribution in [2.24, 2.45) is 0 Å². The van der Waals surface area contributed by atoms with Gasteiger partial charge in [-0.15, -0.1) is 0 Å².